The third-order valence-corrected chi connectivity index (χ3v) is 5.14. The molecule has 0 fully saturated rings. The quantitative estimate of drug-likeness (QED) is 0.739. The molecule has 0 unspecified atom stereocenters. The summed E-state index contributed by atoms with van der Waals surface area (Å²) in [4.78, 5) is 11.2. The third-order valence-electron chi connectivity index (χ3n) is 4.29. The minimum absolute atomic E-state index is 0.832. The van der Waals surface area contributed by atoms with E-state index >= 15 is 0 Å². The van der Waals surface area contributed by atoms with Gasteiger partial charge in [0.2, 0.25) is 0 Å². The number of aromatic nitrogens is 3. The second-order valence-electron chi connectivity index (χ2n) is 6.03. The van der Waals surface area contributed by atoms with Crippen molar-refractivity contribution < 1.29 is 0 Å². The van der Waals surface area contributed by atoms with Crippen LogP contribution < -0.4 is 5.32 Å². The Bertz CT molecular complexity index is 872. The fourth-order valence-electron chi connectivity index (χ4n) is 2.85. The van der Waals surface area contributed by atoms with Crippen molar-refractivity contribution in [3.8, 4) is 11.3 Å². The molecule has 3 heterocycles. The molecule has 1 aliphatic rings. The molecule has 0 amide bonds. The van der Waals surface area contributed by atoms with E-state index < -0.39 is 0 Å². The van der Waals surface area contributed by atoms with Gasteiger partial charge in [0.15, 0.2) is 0 Å². The van der Waals surface area contributed by atoms with Gasteiger partial charge in [0, 0.05) is 25.2 Å². The Balaban J connectivity index is 1.60. The van der Waals surface area contributed by atoms with E-state index in [4.69, 9.17) is 0 Å². The van der Waals surface area contributed by atoms with Gasteiger partial charge in [-0.15, -0.1) is 0 Å². The second kappa shape index (κ2) is 6.67. The lowest BCUT2D eigenvalue weighted by molar-refractivity contribution is 0.358. The maximum Gasteiger partial charge on any atom is 0.149 e. The van der Waals surface area contributed by atoms with Crippen LogP contribution in [0.3, 0.4) is 0 Å². The molecule has 1 aromatic carbocycles. The van der Waals surface area contributed by atoms with Crippen LogP contribution >= 0.6 is 11.5 Å². The first-order valence-corrected chi connectivity index (χ1v) is 8.85. The molecule has 3 aromatic rings. The molecule has 0 saturated heterocycles. The molecule has 4 rings (SSSR count). The number of rotatable bonds is 4. The number of nitrogens with zero attached hydrogens (tertiary/aromatic N) is 4. The van der Waals surface area contributed by atoms with Crippen molar-refractivity contribution in [2.45, 2.75) is 6.42 Å². The first-order valence-electron chi connectivity index (χ1n) is 8.07. The van der Waals surface area contributed by atoms with Gasteiger partial charge in [0.1, 0.15) is 28.1 Å². The van der Waals surface area contributed by atoms with E-state index in [0.717, 1.165) is 53.3 Å². The van der Waals surface area contributed by atoms with Crippen molar-refractivity contribution in [3.63, 3.8) is 0 Å². The van der Waals surface area contributed by atoms with Crippen molar-refractivity contribution in [3.05, 3.63) is 48.3 Å². The van der Waals surface area contributed by atoms with E-state index in [1.54, 1.807) is 6.33 Å². The summed E-state index contributed by atoms with van der Waals surface area (Å²) < 4.78 is 5.63. The number of hydrogen-bond donors (Lipinski definition) is 1. The molecule has 122 valence electrons. The third kappa shape index (κ3) is 3.02. The lowest BCUT2D eigenvalue weighted by Crippen LogP contribution is -2.26. The maximum atomic E-state index is 4.61. The van der Waals surface area contributed by atoms with Crippen LogP contribution in [0.1, 0.15) is 6.42 Å². The Morgan fingerprint density at radius 1 is 1.21 bits per heavy atom. The molecule has 0 atom stereocenters. The van der Waals surface area contributed by atoms with E-state index in [9.17, 15) is 0 Å². The van der Waals surface area contributed by atoms with Gasteiger partial charge in [0.25, 0.3) is 0 Å². The van der Waals surface area contributed by atoms with Crippen molar-refractivity contribution in [2.75, 3.05) is 32.0 Å². The first kappa shape index (κ1) is 15.2. The minimum atomic E-state index is 0.832. The highest BCUT2D eigenvalue weighted by molar-refractivity contribution is 7.14. The zero-order valence-electron chi connectivity index (χ0n) is 13.6. The molecule has 0 radical (unpaired) electrons. The fourth-order valence-corrected chi connectivity index (χ4v) is 3.67. The number of anilines is 1. The monoisotopic (exact) mass is 337 g/mol. The van der Waals surface area contributed by atoms with Crippen molar-refractivity contribution >= 4 is 27.6 Å². The van der Waals surface area contributed by atoms with Crippen LogP contribution in [0.25, 0.3) is 21.5 Å². The Hall–Kier alpha value is -2.31. The molecule has 1 aliphatic heterocycles. The summed E-state index contributed by atoms with van der Waals surface area (Å²) in [7, 11) is 2.15. The van der Waals surface area contributed by atoms with Gasteiger partial charge in [-0.1, -0.05) is 42.0 Å². The van der Waals surface area contributed by atoms with Gasteiger partial charge in [-0.25, -0.2) is 9.97 Å². The summed E-state index contributed by atoms with van der Waals surface area (Å²) in [6, 6.07) is 10.2. The molecule has 0 bridgehead atoms. The van der Waals surface area contributed by atoms with Crippen LogP contribution in [-0.4, -0.2) is 45.9 Å². The predicted octanol–water partition coefficient (Wildman–Crippen LogP) is 3.43. The predicted molar refractivity (Wildman–Crippen MR) is 99.3 cm³/mol. The summed E-state index contributed by atoms with van der Waals surface area (Å²) in [5, 5.41) is 3.47. The molecule has 5 nitrogen and oxygen atoms in total. The summed E-state index contributed by atoms with van der Waals surface area (Å²) >= 11 is 1.46. The van der Waals surface area contributed by atoms with Crippen LogP contribution in [0.5, 0.6) is 0 Å². The van der Waals surface area contributed by atoms with Crippen LogP contribution in [0.15, 0.2) is 48.3 Å². The largest absolute Gasteiger partial charge is 0.365 e. The van der Waals surface area contributed by atoms with Crippen LogP contribution in [-0.2, 0) is 0 Å². The molecule has 0 spiro atoms. The maximum absolute atomic E-state index is 4.61. The molecule has 6 heteroatoms. The lowest BCUT2D eigenvalue weighted by atomic mass is 10.1. The van der Waals surface area contributed by atoms with E-state index in [0.29, 0.717) is 0 Å². The van der Waals surface area contributed by atoms with Gasteiger partial charge in [-0.2, -0.15) is 4.37 Å². The molecule has 0 aliphatic carbocycles. The molecule has 2 aromatic heterocycles. The van der Waals surface area contributed by atoms with E-state index in [1.807, 2.05) is 18.2 Å². The highest BCUT2D eigenvalue weighted by Gasteiger charge is 2.14. The average Bonchev–Trinajstić information content (AvgIpc) is 3.07. The van der Waals surface area contributed by atoms with Crippen LogP contribution in [0.2, 0.25) is 0 Å². The number of nitrogens with one attached hydrogen (secondary N) is 1. The molecule has 0 saturated carbocycles. The number of likely N-dealkylation sites (N-methyl/N-ethyl adjacent to an activating group) is 1. The number of benzene rings is 1. The zero-order valence-corrected chi connectivity index (χ0v) is 14.4. The van der Waals surface area contributed by atoms with Gasteiger partial charge in [-0.3, -0.25) is 0 Å². The summed E-state index contributed by atoms with van der Waals surface area (Å²) in [6.07, 6.45) is 5.03. The zero-order chi connectivity index (χ0) is 16.4. The highest BCUT2D eigenvalue weighted by Crippen LogP contribution is 2.32. The Kier molecular flexibility index (Phi) is 4.23. The van der Waals surface area contributed by atoms with Crippen LogP contribution in [0, 0.1) is 0 Å². The summed E-state index contributed by atoms with van der Waals surface area (Å²) in [5.41, 5.74) is 4.37. The Labute approximate surface area is 145 Å². The number of fused-ring (bicyclic) bond motifs is 1. The van der Waals surface area contributed by atoms with Crippen molar-refractivity contribution in [2.24, 2.45) is 0 Å². The molecule has 24 heavy (non-hydrogen) atoms. The summed E-state index contributed by atoms with van der Waals surface area (Å²) in [6.45, 7) is 2.97. The number of hydrogen-bond acceptors (Lipinski definition) is 6. The van der Waals surface area contributed by atoms with Gasteiger partial charge in [0.05, 0.1) is 0 Å². The normalized spacial score (nSPS) is 15.5. The van der Waals surface area contributed by atoms with E-state index in [1.165, 1.54) is 17.1 Å². The molecule has 1 N–H and O–H groups in total. The standard InChI is InChI=1S/C18H19N5S/c1-23-9-7-13(8-10-23)11-19-18-17-16(20-12-21-18)15(22-24-17)14-5-3-2-4-6-14/h2-7,12H,8-11H2,1H3,(H,19,20,21). The molecular formula is C18H19N5S. The van der Waals surface area contributed by atoms with Gasteiger partial charge >= 0.3 is 0 Å². The first-order chi connectivity index (χ1) is 11.8. The fraction of sp³-hybridized carbons (Fsp3) is 0.278. The Morgan fingerprint density at radius 2 is 2.08 bits per heavy atom. The van der Waals surface area contributed by atoms with E-state index in [-0.39, 0.29) is 0 Å². The lowest BCUT2D eigenvalue weighted by Gasteiger charge is -2.22. The van der Waals surface area contributed by atoms with Crippen molar-refractivity contribution in [1.29, 1.82) is 0 Å². The summed E-state index contributed by atoms with van der Waals surface area (Å²) in [5.74, 6) is 0.875. The van der Waals surface area contributed by atoms with Crippen molar-refractivity contribution in [1.82, 2.24) is 19.2 Å². The SMILES string of the molecule is CN1CC=C(CNc2ncnc3c(-c4ccccc4)nsc23)CC1. The minimum Gasteiger partial charge on any atom is -0.365 e. The smallest absolute Gasteiger partial charge is 0.149 e. The highest BCUT2D eigenvalue weighted by atomic mass is 32.1. The van der Waals surface area contributed by atoms with Gasteiger partial charge in [-0.05, 0) is 25.0 Å². The topological polar surface area (TPSA) is 53.9 Å². The average molecular weight is 337 g/mol. The van der Waals surface area contributed by atoms with Gasteiger partial charge < -0.3 is 10.2 Å². The van der Waals surface area contributed by atoms with E-state index in [2.05, 4.69) is 49.8 Å². The second-order valence-corrected chi connectivity index (χ2v) is 6.80. The Morgan fingerprint density at radius 3 is 2.88 bits per heavy atom. The van der Waals surface area contributed by atoms with Crippen LogP contribution in [0.4, 0.5) is 5.82 Å². The molecular weight excluding hydrogens is 318 g/mol.